The third kappa shape index (κ3) is 3.83. The summed E-state index contributed by atoms with van der Waals surface area (Å²) in [6, 6.07) is 7.93. The van der Waals surface area contributed by atoms with Gasteiger partial charge < -0.3 is 10.6 Å². The van der Waals surface area contributed by atoms with Crippen LogP contribution in [0.5, 0.6) is 0 Å². The van der Waals surface area contributed by atoms with Gasteiger partial charge in [-0.2, -0.15) is 0 Å². The van der Waals surface area contributed by atoms with Crippen molar-refractivity contribution in [2.75, 3.05) is 10.6 Å². The number of aromatic nitrogens is 2. The van der Waals surface area contributed by atoms with Crippen LogP contribution in [-0.4, -0.2) is 16.0 Å². The van der Waals surface area contributed by atoms with Crippen molar-refractivity contribution < 1.29 is 0 Å². The molecule has 0 bridgehead atoms. The van der Waals surface area contributed by atoms with E-state index in [1.54, 1.807) is 0 Å². The first kappa shape index (κ1) is 13.6. The molecule has 0 aliphatic heterocycles. The van der Waals surface area contributed by atoms with Crippen molar-refractivity contribution in [1.82, 2.24) is 9.97 Å². The molecule has 0 amide bonds. The lowest BCUT2D eigenvalue weighted by atomic mass is 10.2. The van der Waals surface area contributed by atoms with Crippen LogP contribution in [0.1, 0.15) is 19.4 Å². The van der Waals surface area contributed by atoms with Crippen molar-refractivity contribution in [2.45, 2.75) is 26.8 Å². The average Bonchev–Trinajstić information content (AvgIpc) is 2.33. The van der Waals surface area contributed by atoms with Gasteiger partial charge >= 0.3 is 0 Å². The summed E-state index contributed by atoms with van der Waals surface area (Å²) in [5, 5.41) is 7.19. The Morgan fingerprint density at radius 3 is 2.58 bits per heavy atom. The maximum atomic E-state index is 6.00. The molecule has 1 aromatic heterocycles. The van der Waals surface area contributed by atoms with Gasteiger partial charge in [0.2, 0.25) is 0 Å². The molecule has 0 atom stereocenters. The van der Waals surface area contributed by atoms with E-state index in [0.29, 0.717) is 11.1 Å². The monoisotopic (exact) mass is 276 g/mol. The van der Waals surface area contributed by atoms with Gasteiger partial charge in [-0.15, -0.1) is 0 Å². The minimum absolute atomic E-state index is 0.329. The molecular weight excluding hydrogens is 260 g/mol. The van der Waals surface area contributed by atoms with E-state index >= 15 is 0 Å². The topological polar surface area (TPSA) is 49.8 Å². The van der Waals surface area contributed by atoms with Crippen LogP contribution >= 0.6 is 11.6 Å². The quantitative estimate of drug-likeness (QED) is 0.886. The lowest BCUT2D eigenvalue weighted by Gasteiger charge is -2.12. The normalized spacial score (nSPS) is 10.6. The second-order valence-electron chi connectivity index (χ2n) is 4.67. The summed E-state index contributed by atoms with van der Waals surface area (Å²) in [5.41, 5.74) is 2.06. The van der Waals surface area contributed by atoms with E-state index in [1.807, 2.05) is 31.2 Å². The number of benzene rings is 1. The van der Waals surface area contributed by atoms with Crippen molar-refractivity contribution in [3.63, 3.8) is 0 Å². The molecule has 0 radical (unpaired) electrons. The zero-order chi connectivity index (χ0) is 13.8. The number of nitrogens with one attached hydrogen (secondary N) is 2. The van der Waals surface area contributed by atoms with Gasteiger partial charge in [-0.25, -0.2) is 9.97 Å². The average molecular weight is 277 g/mol. The Labute approximate surface area is 118 Å². The van der Waals surface area contributed by atoms with Gasteiger partial charge in [0, 0.05) is 22.8 Å². The maximum absolute atomic E-state index is 6.00. The van der Waals surface area contributed by atoms with E-state index in [4.69, 9.17) is 11.6 Å². The summed E-state index contributed by atoms with van der Waals surface area (Å²) in [6.45, 7) is 6.15. The van der Waals surface area contributed by atoms with Crippen LogP contribution in [0.2, 0.25) is 5.02 Å². The highest BCUT2D eigenvalue weighted by Crippen LogP contribution is 2.23. The first-order chi connectivity index (χ1) is 9.04. The molecule has 0 saturated heterocycles. The minimum Gasteiger partial charge on any atom is -0.368 e. The van der Waals surface area contributed by atoms with Gasteiger partial charge in [-0.3, -0.25) is 0 Å². The molecule has 2 aromatic rings. The van der Waals surface area contributed by atoms with E-state index in [0.717, 1.165) is 22.9 Å². The van der Waals surface area contributed by atoms with Crippen LogP contribution in [0.4, 0.5) is 17.3 Å². The smallest absolute Gasteiger partial charge is 0.135 e. The van der Waals surface area contributed by atoms with Crippen molar-refractivity contribution >= 4 is 28.9 Å². The Morgan fingerprint density at radius 1 is 1.11 bits per heavy atom. The number of aryl methyl sites for hydroxylation is 1. The van der Waals surface area contributed by atoms with E-state index in [1.165, 1.54) is 6.33 Å². The fourth-order valence-corrected chi connectivity index (χ4v) is 1.84. The van der Waals surface area contributed by atoms with Gasteiger partial charge in [0.15, 0.2) is 0 Å². The van der Waals surface area contributed by atoms with E-state index < -0.39 is 0 Å². The first-order valence-electron chi connectivity index (χ1n) is 6.16. The predicted octanol–water partition coefficient (Wildman–Crippen LogP) is 4.00. The molecule has 0 spiro atoms. The minimum atomic E-state index is 0.329. The summed E-state index contributed by atoms with van der Waals surface area (Å²) in [5.74, 6) is 1.54. The Bertz CT molecular complexity index is 569. The van der Waals surface area contributed by atoms with Crippen molar-refractivity contribution in [3.8, 4) is 0 Å². The molecule has 100 valence electrons. The second kappa shape index (κ2) is 5.89. The lowest BCUT2D eigenvalue weighted by Crippen LogP contribution is -2.11. The summed E-state index contributed by atoms with van der Waals surface area (Å²) in [4.78, 5) is 8.38. The van der Waals surface area contributed by atoms with E-state index in [-0.39, 0.29) is 0 Å². The third-order valence-electron chi connectivity index (χ3n) is 2.57. The van der Waals surface area contributed by atoms with E-state index in [2.05, 4.69) is 34.4 Å². The fourth-order valence-electron chi connectivity index (χ4n) is 1.67. The molecule has 0 aliphatic rings. The number of rotatable bonds is 4. The predicted molar refractivity (Wildman–Crippen MR) is 80.3 cm³/mol. The highest BCUT2D eigenvalue weighted by molar-refractivity contribution is 6.30. The van der Waals surface area contributed by atoms with Crippen LogP contribution in [0.25, 0.3) is 0 Å². The molecule has 2 N–H and O–H groups in total. The van der Waals surface area contributed by atoms with E-state index in [9.17, 15) is 0 Å². The number of halogens is 1. The fraction of sp³-hybridized carbons (Fsp3) is 0.286. The zero-order valence-corrected chi connectivity index (χ0v) is 12.0. The van der Waals surface area contributed by atoms with Crippen molar-refractivity contribution in [1.29, 1.82) is 0 Å². The number of hydrogen-bond acceptors (Lipinski definition) is 4. The van der Waals surface area contributed by atoms with Crippen LogP contribution in [-0.2, 0) is 0 Å². The second-order valence-corrected chi connectivity index (χ2v) is 5.11. The Kier molecular flexibility index (Phi) is 4.22. The number of nitrogens with zero attached hydrogens (tertiary/aromatic N) is 2. The van der Waals surface area contributed by atoms with Gasteiger partial charge in [-0.1, -0.05) is 17.7 Å². The van der Waals surface area contributed by atoms with Crippen LogP contribution in [0, 0.1) is 6.92 Å². The van der Waals surface area contributed by atoms with Crippen LogP contribution < -0.4 is 10.6 Å². The third-order valence-corrected chi connectivity index (χ3v) is 2.80. The molecule has 5 heteroatoms. The van der Waals surface area contributed by atoms with Crippen molar-refractivity contribution in [2.24, 2.45) is 0 Å². The van der Waals surface area contributed by atoms with Crippen molar-refractivity contribution in [3.05, 3.63) is 41.2 Å². The van der Waals surface area contributed by atoms with Gasteiger partial charge in [0.1, 0.15) is 18.0 Å². The summed E-state index contributed by atoms with van der Waals surface area (Å²) in [6.07, 6.45) is 1.53. The van der Waals surface area contributed by atoms with Gasteiger partial charge in [-0.05, 0) is 38.5 Å². The largest absolute Gasteiger partial charge is 0.368 e. The molecule has 19 heavy (non-hydrogen) atoms. The lowest BCUT2D eigenvalue weighted by molar-refractivity contribution is 0.886. The van der Waals surface area contributed by atoms with Gasteiger partial charge in [0.25, 0.3) is 0 Å². The molecule has 0 unspecified atom stereocenters. The molecule has 1 aromatic carbocycles. The summed E-state index contributed by atoms with van der Waals surface area (Å²) < 4.78 is 0. The molecule has 0 aliphatic carbocycles. The highest BCUT2D eigenvalue weighted by atomic mass is 35.5. The molecule has 0 saturated carbocycles. The summed E-state index contributed by atoms with van der Waals surface area (Å²) >= 11 is 6.00. The Hall–Kier alpha value is -1.81. The summed E-state index contributed by atoms with van der Waals surface area (Å²) in [7, 11) is 0. The molecule has 0 fully saturated rings. The zero-order valence-electron chi connectivity index (χ0n) is 11.2. The number of anilines is 3. The van der Waals surface area contributed by atoms with Crippen LogP contribution in [0.15, 0.2) is 30.6 Å². The molecule has 2 rings (SSSR count). The standard InChI is InChI=1S/C14H17ClN4/c1-9(2)18-13-7-14(17-8-16-13)19-12-6-11(15)5-4-10(12)3/h4-9H,1-3H3,(H2,16,17,18,19). The SMILES string of the molecule is Cc1ccc(Cl)cc1Nc1cc(NC(C)C)ncn1. The van der Waals surface area contributed by atoms with Gasteiger partial charge in [0.05, 0.1) is 0 Å². The Balaban J connectivity index is 2.21. The molecule has 4 nitrogen and oxygen atoms in total. The van der Waals surface area contributed by atoms with Crippen LogP contribution in [0.3, 0.4) is 0 Å². The first-order valence-corrected chi connectivity index (χ1v) is 6.54. The molecule has 1 heterocycles. The highest BCUT2D eigenvalue weighted by Gasteiger charge is 2.03. The maximum Gasteiger partial charge on any atom is 0.135 e. The molecular formula is C14H17ClN4. The number of hydrogen-bond donors (Lipinski definition) is 2. The Morgan fingerprint density at radius 2 is 1.84 bits per heavy atom.